The van der Waals surface area contributed by atoms with Crippen molar-refractivity contribution in [3.63, 3.8) is 0 Å². The molecule has 8 nitrogen and oxygen atoms in total. The van der Waals surface area contributed by atoms with E-state index in [-0.39, 0.29) is 5.91 Å². The maximum absolute atomic E-state index is 13.1. The SMILES string of the molecule is CC(C)(C)OC(=O)Nc1cc(C(S)c2ccccc2C(=O)Nc2ccc3cn[nH]c3c2)ccn1. The zero-order valence-corrected chi connectivity index (χ0v) is 19.9. The van der Waals surface area contributed by atoms with Crippen molar-refractivity contribution < 1.29 is 14.3 Å². The Balaban J connectivity index is 1.54. The number of amides is 2. The maximum Gasteiger partial charge on any atom is 0.413 e. The molecule has 4 aromatic rings. The molecule has 3 N–H and O–H groups in total. The highest BCUT2D eigenvalue weighted by Gasteiger charge is 2.20. The number of rotatable bonds is 5. The Morgan fingerprint density at radius 3 is 2.65 bits per heavy atom. The van der Waals surface area contributed by atoms with E-state index in [0.29, 0.717) is 17.1 Å². The first-order chi connectivity index (χ1) is 16.2. The van der Waals surface area contributed by atoms with Gasteiger partial charge in [-0.2, -0.15) is 17.7 Å². The van der Waals surface area contributed by atoms with Crippen molar-refractivity contribution in [1.29, 1.82) is 0 Å². The van der Waals surface area contributed by atoms with Crippen molar-refractivity contribution >= 4 is 47.0 Å². The number of pyridine rings is 1. The summed E-state index contributed by atoms with van der Waals surface area (Å²) >= 11 is 4.78. The highest BCUT2D eigenvalue weighted by molar-refractivity contribution is 7.80. The van der Waals surface area contributed by atoms with E-state index in [1.807, 2.05) is 30.3 Å². The second kappa shape index (κ2) is 9.56. The van der Waals surface area contributed by atoms with Crippen LogP contribution in [-0.4, -0.2) is 32.8 Å². The first-order valence-electron chi connectivity index (χ1n) is 10.7. The number of ether oxygens (including phenoxy) is 1. The number of aromatic nitrogens is 3. The van der Waals surface area contributed by atoms with Crippen molar-refractivity contribution in [1.82, 2.24) is 15.2 Å². The molecular formula is C25H25N5O3S. The molecule has 2 heterocycles. The predicted octanol–water partition coefficient (Wildman–Crippen LogP) is 5.58. The Morgan fingerprint density at radius 1 is 1.06 bits per heavy atom. The van der Waals surface area contributed by atoms with Gasteiger partial charge in [-0.05, 0) is 68.3 Å². The van der Waals surface area contributed by atoms with Gasteiger partial charge in [0.2, 0.25) is 0 Å². The average molecular weight is 476 g/mol. The average Bonchev–Trinajstić information content (AvgIpc) is 3.25. The lowest BCUT2D eigenvalue weighted by molar-refractivity contribution is 0.0635. The number of benzene rings is 2. The van der Waals surface area contributed by atoms with E-state index in [1.54, 1.807) is 57.4 Å². The van der Waals surface area contributed by atoms with Crippen LogP contribution in [0.1, 0.15) is 47.5 Å². The van der Waals surface area contributed by atoms with Crippen molar-refractivity contribution in [2.75, 3.05) is 10.6 Å². The molecule has 1 atom stereocenters. The molecule has 34 heavy (non-hydrogen) atoms. The quantitative estimate of drug-likeness (QED) is 0.282. The Kier molecular flexibility index (Phi) is 6.56. The van der Waals surface area contributed by atoms with Gasteiger partial charge < -0.3 is 10.1 Å². The van der Waals surface area contributed by atoms with Crippen molar-refractivity contribution in [3.05, 3.63) is 83.7 Å². The summed E-state index contributed by atoms with van der Waals surface area (Å²) in [5.41, 5.74) is 2.84. The van der Waals surface area contributed by atoms with Gasteiger partial charge in [-0.3, -0.25) is 15.2 Å². The topological polar surface area (TPSA) is 109 Å². The number of fused-ring (bicyclic) bond motifs is 1. The molecule has 0 fully saturated rings. The Labute approximate surface area is 202 Å². The minimum Gasteiger partial charge on any atom is -0.444 e. The van der Waals surface area contributed by atoms with Crippen LogP contribution < -0.4 is 10.6 Å². The lowest BCUT2D eigenvalue weighted by Crippen LogP contribution is -2.27. The summed E-state index contributed by atoms with van der Waals surface area (Å²) in [6.07, 6.45) is 2.71. The van der Waals surface area contributed by atoms with Crippen LogP contribution in [0, 0.1) is 0 Å². The molecule has 0 spiro atoms. The number of hydrogen-bond acceptors (Lipinski definition) is 6. The molecule has 0 aliphatic rings. The van der Waals surface area contributed by atoms with E-state index in [9.17, 15) is 9.59 Å². The van der Waals surface area contributed by atoms with E-state index in [4.69, 9.17) is 17.4 Å². The molecule has 2 aromatic heterocycles. The first-order valence-corrected chi connectivity index (χ1v) is 11.2. The standard InChI is InChI=1S/C25H25N5O3S/c1-25(2,3)33-24(32)29-21-12-15(10-11-26-21)22(34)18-6-4-5-7-19(18)23(31)28-17-9-8-16-14-27-30-20(16)13-17/h4-14,22,34H,1-3H3,(H,27,30)(H,28,31)(H,26,29,32). The smallest absolute Gasteiger partial charge is 0.413 e. The van der Waals surface area contributed by atoms with Crippen molar-refractivity contribution in [2.24, 2.45) is 0 Å². The Morgan fingerprint density at radius 2 is 1.85 bits per heavy atom. The number of thiol groups is 1. The molecule has 9 heteroatoms. The van der Waals surface area contributed by atoms with Crippen LogP contribution in [0.4, 0.5) is 16.3 Å². The zero-order valence-electron chi connectivity index (χ0n) is 19.0. The Hall–Kier alpha value is -3.85. The van der Waals surface area contributed by atoms with E-state index >= 15 is 0 Å². The highest BCUT2D eigenvalue weighted by Crippen LogP contribution is 2.32. The molecule has 2 aromatic carbocycles. The third kappa shape index (κ3) is 5.55. The summed E-state index contributed by atoms with van der Waals surface area (Å²) in [5, 5.41) is 13.0. The number of anilines is 2. The first kappa shape index (κ1) is 23.3. The molecule has 2 amide bonds. The molecular weight excluding hydrogens is 450 g/mol. The number of nitrogens with one attached hydrogen (secondary N) is 3. The molecule has 0 aliphatic heterocycles. The van der Waals surface area contributed by atoms with E-state index in [0.717, 1.165) is 22.0 Å². The molecule has 0 saturated heterocycles. The molecule has 0 bridgehead atoms. The van der Waals surface area contributed by atoms with Crippen LogP contribution >= 0.6 is 12.6 Å². The molecule has 0 saturated carbocycles. The minimum absolute atomic E-state index is 0.255. The van der Waals surface area contributed by atoms with Gasteiger partial charge in [0.25, 0.3) is 5.91 Å². The van der Waals surface area contributed by atoms with Gasteiger partial charge in [-0.15, -0.1) is 0 Å². The fourth-order valence-electron chi connectivity index (χ4n) is 3.43. The summed E-state index contributed by atoms with van der Waals surface area (Å²) in [6, 6.07) is 16.3. The molecule has 0 aliphatic carbocycles. The lowest BCUT2D eigenvalue weighted by Gasteiger charge is -2.20. The highest BCUT2D eigenvalue weighted by atomic mass is 32.1. The monoisotopic (exact) mass is 475 g/mol. The number of carbonyl (C=O) groups excluding carboxylic acids is 2. The zero-order chi connectivity index (χ0) is 24.3. The van der Waals surface area contributed by atoms with Gasteiger partial charge in [0.05, 0.1) is 17.0 Å². The number of nitrogens with zero attached hydrogens (tertiary/aromatic N) is 2. The third-order valence-corrected chi connectivity index (χ3v) is 5.50. The van der Waals surface area contributed by atoms with Gasteiger partial charge in [0.15, 0.2) is 0 Å². The molecule has 4 rings (SSSR count). The van der Waals surface area contributed by atoms with Gasteiger partial charge in [0, 0.05) is 22.8 Å². The Bertz CT molecular complexity index is 1350. The van der Waals surface area contributed by atoms with Crippen molar-refractivity contribution in [2.45, 2.75) is 31.6 Å². The number of carbonyl (C=O) groups is 2. The second-order valence-corrected chi connectivity index (χ2v) is 9.23. The summed E-state index contributed by atoms with van der Waals surface area (Å²) in [7, 11) is 0. The van der Waals surface area contributed by atoms with Crippen LogP contribution in [0.3, 0.4) is 0 Å². The normalized spacial score (nSPS) is 12.2. The van der Waals surface area contributed by atoms with Gasteiger partial charge in [-0.25, -0.2) is 9.78 Å². The maximum atomic E-state index is 13.1. The molecule has 0 radical (unpaired) electrons. The fraction of sp³-hybridized carbons (Fsp3) is 0.200. The summed E-state index contributed by atoms with van der Waals surface area (Å²) in [5.74, 6) is 0.0790. The molecule has 1 unspecified atom stereocenters. The van der Waals surface area contributed by atoms with Crippen LogP contribution in [0.25, 0.3) is 10.9 Å². The van der Waals surface area contributed by atoms with Crippen LogP contribution in [0.15, 0.2) is 67.0 Å². The van der Waals surface area contributed by atoms with E-state index in [2.05, 4.69) is 25.8 Å². The van der Waals surface area contributed by atoms with Crippen LogP contribution in [-0.2, 0) is 4.74 Å². The summed E-state index contributed by atoms with van der Waals surface area (Å²) in [4.78, 5) is 29.4. The van der Waals surface area contributed by atoms with Crippen molar-refractivity contribution in [3.8, 4) is 0 Å². The minimum atomic E-state index is -0.623. The van der Waals surface area contributed by atoms with Crippen LogP contribution in [0.2, 0.25) is 0 Å². The van der Waals surface area contributed by atoms with Gasteiger partial charge in [0.1, 0.15) is 11.4 Å². The number of hydrogen-bond donors (Lipinski definition) is 4. The lowest BCUT2D eigenvalue weighted by atomic mass is 9.99. The van der Waals surface area contributed by atoms with Crippen LogP contribution in [0.5, 0.6) is 0 Å². The molecule has 174 valence electrons. The van der Waals surface area contributed by atoms with E-state index in [1.165, 1.54) is 0 Å². The summed E-state index contributed by atoms with van der Waals surface area (Å²) < 4.78 is 5.29. The number of aromatic amines is 1. The fourth-order valence-corrected chi connectivity index (χ4v) is 3.81. The van der Waals surface area contributed by atoms with Gasteiger partial charge >= 0.3 is 6.09 Å². The predicted molar refractivity (Wildman–Crippen MR) is 135 cm³/mol. The summed E-state index contributed by atoms with van der Waals surface area (Å²) in [6.45, 7) is 5.36. The van der Waals surface area contributed by atoms with Gasteiger partial charge in [-0.1, -0.05) is 18.2 Å². The third-order valence-electron chi connectivity index (χ3n) is 4.93. The van der Waals surface area contributed by atoms with E-state index < -0.39 is 16.9 Å². The second-order valence-electron chi connectivity index (χ2n) is 8.72. The number of H-pyrrole nitrogens is 1. The largest absolute Gasteiger partial charge is 0.444 e.